The van der Waals surface area contributed by atoms with E-state index in [1.54, 1.807) is 11.3 Å². The minimum atomic E-state index is 0.483. The summed E-state index contributed by atoms with van der Waals surface area (Å²) in [5.41, 5.74) is 0. The predicted molar refractivity (Wildman–Crippen MR) is 111 cm³/mol. The fraction of sp³-hybridized carbons (Fsp3) is 0.611. The van der Waals surface area contributed by atoms with Crippen molar-refractivity contribution in [3.8, 4) is 0 Å². The number of aliphatic imine (C=N–C) groups is 1. The summed E-state index contributed by atoms with van der Waals surface area (Å²) in [6.45, 7) is 3.27. The number of aryl methyl sites for hydroxylation is 1. The van der Waals surface area contributed by atoms with Crippen molar-refractivity contribution >= 4 is 29.1 Å². The zero-order valence-corrected chi connectivity index (χ0v) is 17.4. The van der Waals surface area contributed by atoms with Crippen LogP contribution in [0.5, 0.6) is 0 Å². The predicted octanol–water partition coefficient (Wildman–Crippen LogP) is 3.09. The van der Waals surface area contributed by atoms with Crippen LogP contribution in [0, 0.1) is 6.92 Å². The Kier molecular flexibility index (Phi) is 6.96. The van der Waals surface area contributed by atoms with Crippen LogP contribution in [0.3, 0.4) is 0 Å². The van der Waals surface area contributed by atoms with E-state index in [9.17, 15) is 0 Å². The third-order valence-corrected chi connectivity index (χ3v) is 6.84. The van der Waals surface area contributed by atoms with Crippen molar-refractivity contribution in [1.82, 2.24) is 25.4 Å². The molecule has 26 heavy (non-hydrogen) atoms. The SMILES string of the molecule is CSC1CCCC(NC(=NCc2nnc(C)n2C)NCc2cccs2)C1. The molecule has 0 saturated heterocycles. The van der Waals surface area contributed by atoms with Crippen molar-refractivity contribution in [3.05, 3.63) is 34.0 Å². The van der Waals surface area contributed by atoms with E-state index in [0.29, 0.717) is 12.6 Å². The monoisotopic (exact) mass is 392 g/mol. The van der Waals surface area contributed by atoms with Crippen LogP contribution in [0.1, 0.15) is 42.2 Å². The fourth-order valence-electron chi connectivity index (χ4n) is 3.16. The van der Waals surface area contributed by atoms with Crippen LogP contribution in [-0.2, 0) is 20.1 Å². The average Bonchev–Trinajstić information content (AvgIpc) is 3.29. The Morgan fingerprint density at radius 3 is 3.00 bits per heavy atom. The maximum atomic E-state index is 4.78. The molecule has 2 aromatic rings. The Morgan fingerprint density at radius 1 is 1.42 bits per heavy atom. The highest BCUT2D eigenvalue weighted by atomic mass is 32.2. The van der Waals surface area contributed by atoms with Gasteiger partial charge in [-0.3, -0.25) is 0 Å². The lowest BCUT2D eigenvalue weighted by molar-refractivity contribution is 0.418. The summed E-state index contributed by atoms with van der Waals surface area (Å²) in [7, 11) is 1.98. The first-order chi connectivity index (χ1) is 12.7. The van der Waals surface area contributed by atoms with Crippen LogP contribution >= 0.6 is 23.1 Å². The van der Waals surface area contributed by atoms with Gasteiger partial charge in [-0.25, -0.2) is 4.99 Å². The number of guanidine groups is 1. The minimum Gasteiger partial charge on any atom is -0.354 e. The van der Waals surface area contributed by atoms with Gasteiger partial charge in [0.05, 0.1) is 6.54 Å². The van der Waals surface area contributed by atoms with Crippen LogP contribution in [0.25, 0.3) is 0 Å². The number of thiophene rings is 1. The number of hydrogen-bond acceptors (Lipinski definition) is 5. The van der Waals surface area contributed by atoms with E-state index in [-0.39, 0.29) is 0 Å². The van der Waals surface area contributed by atoms with Gasteiger partial charge in [0.2, 0.25) is 0 Å². The van der Waals surface area contributed by atoms with Crippen molar-refractivity contribution in [3.63, 3.8) is 0 Å². The molecule has 8 heteroatoms. The fourth-order valence-corrected chi connectivity index (χ4v) is 4.63. The van der Waals surface area contributed by atoms with Gasteiger partial charge in [-0.05, 0) is 43.9 Å². The number of hydrogen-bond donors (Lipinski definition) is 2. The van der Waals surface area contributed by atoms with Crippen molar-refractivity contribution in [2.75, 3.05) is 6.26 Å². The maximum absolute atomic E-state index is 4.78. The summed E-state index contributed by atoms with van der Waals surface area (Å²) >= 11 is 3.74. The molecule has 142 valence electrons. The third-order valence-electron chi connectivity index (χ3n) is 4.87. The summed E-state index contributed by atoms with van der Waals surface area (Å²) in [5.74, 6) is 2.66. The van der Waals surface area contributed by atoms with Crippen LogP contribution in [0.2, 0.25) is 0 Å². The zero-order valence-electron chi connectivity index (χ0n) is 15.7. The van der Waals surface area contributed by atoms with Gasteiger partial charge < -0.3 is 15.2 Å². The molecular formula is C18H28N6S2. The van der Waals surface area contributed by atoms with Crippen molar-refractivity contribution in [2.45, 2.75) is 57.0 Å². The molecule has 1 fully saturated rings. The van der Waals surface area contributed by atoms with Crippen LogP contribution in [-0.4, -0.2) is 38.3 Å². The molecule has 0 bridgehead atoms. The molecular weight excluding hydrogens is 364 g/mol. The zero-order chi connectivity index (χ0) is 18.4. The van der Waals surface area contributed by atoms with Gasteiger partial charge in [0, 0.05) is 23.2 Å². The van der Waals surface area contributed by atoms with E-state index >= 15 is 0 Å². The first-order valence-corrected chi connectivity index (χ1v) is 11.3. The number of aromatic nitrogens is 3. The highest BCUT2D eigenvalue weighted by Gasteiger charge is 2.22. The second kappa shape index (κ2) is 9.41. The highest BCUT2D eigenvalue weighted by Crippen LogP contribution is 2.26. The molecule has 1 saturated carbocycles. The molecule has 0 aliphatic heterocycles. The highest BCUT2D eigenvalue weighted by molar-refractivity contribution is 7.99. The van der Waals surface area contributed by atoms with Gasteiger partial charge in [-0.2, -0.15) is 11.8 Å². The molecule has 0 spiro atoms. The van der Waals surface area contributed by atoms with E-state index in [0.717, 1.165) is 29.4 Å². The molecule has 3 rings (SSSR count). The van der Waals surface area contributed by atoms with Crippen molar-refractivity contribution in [2.24, 2.45) is 12.0 Å². The number of nitrogens with one attached hydrogen (secondary N) is 2. The van der Waals surface area contributed by atoms with Crippen LogP contribution in [0.4, 0.5) is 0 Å². The van der Waals surface area contributed by atoms with Crippen LogP contribution in [0.15, 0.2) is 22.5 Å². The average molecular weight is 393 g/mol. The quantitative estimate of drug-likeness (QED) is 0.584. The lowest BCUT2D eigenvalue weighted by atomic mass is 9.95. The third kappa shape index (κ3) is 5.23. The molecule has 2 atom stereocenters. The lowest BCUT2D eigenvalue weighted by Crippen LogP contribution is -2.45. The number of rotatable bonds is 6. The summed E-state index contributed by atoms with van der Waals surface area (Å²) < 4.78 is 1.99. The van der Waals surface area contributed by atoms with Gasteiger partial charge in [-0.15, -0.1) is 21.5 Å². The smallest absolute Gasteiger partial charge is 0.192 e. The maximum Gasteiger partial charge on any atom is 0.192 e. The van der Waals surface area contributed by atoms with Crippen molar-refractivity contribution < 1.29 is 0 Å². The van der Waals surface area contributed by atoms with E-state index < -0.39 is 0 Å². The normalized spacial score (nSPS) is 21.0. The Hall–Kier alpha value is -1.54. The Bertz CT molecular complexity index is 709. The molecule has 2 unspecified atom stereocenters. The van der Waals surface area contributed by atoms with E-state index in [1.807, 2.05) is 30.3 Å². The summed E-state index contributed by atoms with van der Waals surface area (Å²) in [5, 5.41) is 18.3. The van der Waals surface area contributed by atoms with E-state index in [1.165, 1.54) is 30.6 Å². The molecule has 6 nitrogen and oxygen atoms in total. The minimum absolute atomic E-state index is 0.483. The van der Waals surface area contributed by atoms with E-state index in [4.69, 9.17) is 4.99 Å². The molecule has 1 aliphatic carbocycles. The Balaban J connectivity index is 1.65. The van der Waals surface area contributed by atoms with Crippen molar-refractivity contribution in [1.29, 1.82) is 0 Å². The van der Waals surface area contributed by atoms with Gasteiger partial charge >= 0.3 is 0 Å². The molecule has 1 aliphatic rings. The number of thioether (sulfide) groups is 1. The molecule has 0 radical (unpaired) electrons. The standard InChI is InChI=1S/C18H28N6S2/c1-13-22-23-17(24(13)2)12-20-18(19-11-16-8-5-9-26-16)21-14-6-4-7-15(10-14)25-3/h5,8-9,14-15H,4,6-7,10-12H2,1-3H3,(H2,19,20,21). The van der Waals surface area contributed by atoms with E-state index in [2.05, 4.69) is 44.6 Å². The lowest BCUT2D eigenvalue weighted by Gasteiger charge is -2.30. The van der Waals surface area contributed by atoms with Crippen LogP contribution < -0.4 is 10.6 Å². The van der Waals surface area contributed by atoms with Gasteiger partial charge in [0.25, 0.3) is 0 Å². The summed E-state index contributed by atoms with van der Waals surface area (Å²) in [4.78, 5) is 6.09. The second-order valence-electron chi connectivity index (χ2n) is 6.69. The van der Waals surface area contributed by atoms with Gasteiger partial charge in [0.15, 0.2) is 11.8 Å². The van der Waals surface area contributed by atoms with Gasteiger partial charge in [-0.1, -0.05) is 12.5 Å². The first kappa shape index (κ1) is 19.2. The number of nitrogens with zero attached hydrogens (tertiary/aromatic N) is 4. The largest absolute Gasteiger partial charge is 0.354 e. The molecule has 0 aromatic carbocycles. The topological polar surface area (TPSA) is 67.1 Å². The van der Waals surface area contributed by atoms with Gasteiger partial charge in [0.1, 0.15) is 12.4 Å². The second-order valence-corrected chi connectivity index (χ2v) is 8.86. The Morgan fingerprint density at radius 2 is 2.31 bits per heavy atom. The Labute approximate surface area is 163 Å². The first-order valence-electron chi connectivity index (χ1n) is 9.10. The molecule has 2 N–H and O–H groups in total. The molecule has 2 heterocycles. The summed E-state index contributed by atoms with van der Waals surface area (Å²) in [6, 6.07) is 4.71. The molecule has 0 amide bonds. The molecule has 2 aromatic heterocycles. The summed E-state index contributed by atoms with van der Waals surface area (Å²) in [6.07, 6.45) is 7.23.